The predicted octanol–water partition coefficient (Wildman–Crippen LogP) is 0.922. The lowest BCUT2D eigenvalue weighted by Crippen LogP contribution is -2.23. The number of ether oxygens (including phenoxy) is 1. The number of aromatic amines is 1. The molecule has 0 aliphatic carbocycles. The van der Waals surface area contributed by atoms with Crippen LogP contribution in [0.4, 0.5) is 5.69 Å². The normalized spacial score (nSPS) is 17.1. The van der Waals surface area contributed by atoms with Gasteiger partial charge in [0.15, 0.2) is 0 Å². The number of imidazole rings is 1. The van der Waals surface area contributed by atoms with Crippen molar-refractivity contribution in [2.45, 2.75) is 13.0 Å². The topological polar surface area (TPSA) is 74.9 Å². The molecule has 6 nitrogen and oxygen atoms in total. The highest BCUT2D eigenvalue weighted by atomic mass is 16.5. The van der Waals surface area contributed by atoms with Crippen LogP contribution in [0.2, 0.25) is 0 Å². The standard InChI is InChI=1S/C13H15N5O/c1-2-14-7-11-9(1)17-12(18-11)8-5-10-13(16-6-8)19-4-3-15-10/h5-6,14-15H,1-4,7H2,(H,17,18). The first-order valence-electron chi connectivity index (χ1n) is 6.56. The number of hydrogen-bond donors (Lipinski definition) is 3. The molecule has 19 heavy (non-hydrogen) atoms. The summed E-state index contributed by atoms with van der Waals surface area (Å²) in [6, 6.07) is 2.04. The Labute approximate surface area is 110 Å². The Morgan fingerprint density at radius 1 is 1.26 bits per heavy atom. The quantitative estimate of drug-likeness (QED) is 0.708. The van der Waals surface area contributed by atoms with Crippen LogP contribution in [-0.4, -0.2) is 34.6 Å². The largest absolute Gasteiger partial charge is 0.474 e. The summed E-state index contributed by atoms with van der Waals surface area (Å²) < 4.78 is 5.48. The van der Waals surface area contributed by atoms with E-state index < -0.39 is 0 Å². The van der Waals surface area contributed by atoms with E-state index >= 15 is 0 Å². The molecule has 0 radical (unpaired) electrons. The number of nitrogens with zero attached hydrogens (tertiary/aromatic N) is 2. The molecule has 2 aliphatic heterocycles. The lowest BCUT2D eigenvalue weighted by atomic mass is 10.2. The minimum atomic E-state index is 0.667. The third-order valence-corrected chi connectivity index (χ3v) is 3.49. The van der Waals surface area contributed by atoms with Crippen molar-refractivity contribution in [1.82, 2.24) is 20.3 Å². The van der Waals surface area contributed by atoms with E-state index in [1.807, 2.05) is 12.3 Å². The molecule has 0 bridgehead atoms. The van der Waals surface area contributed by atoms with Crippen LogP contribution in [0.25, 0.3) is 11.4 Å². The van der Waals surface area contributed by atoms with Crippen LogP contribution in [-0.2, 0) is 13.0 Å². The Balaban J connectivity index is 1.73. The number of H-pyrrole nitrogens is 1. The van der Waals surface area contributed by atoms with Crippen LogP contribution in [0.3, 0.4) is 0 Å². The second kappa shape index (κ2) is 4.24. The average molecular weight is 257 g/mol. The highest BCUT2D eigenvalue weighted by molar-refractivity contribution is 5.66. The molecule has 4 rings (SSSR count). The molecule has 0 unspecified atom stereocenters. The van der Waals surface area contributed by atoms with Gasteiger partial charge in [-0.3, -0.25) is 0 Å². The maximum Gasteiger partial charge on any atom is 0.237 e. The van der Waals surface area contributed by atoms with Gasteiger partial charge >= 0.3 is 0 Å². The molecular formula is C13H15N5O. The van der Waals surface area contributed by atoms with Gasteiger partial charge in [-0.25, -0.2) is 9.97 Å². The second-order valence-electron chi connectivity index (χ2n) is 4.79. The lowest BCUT2D eigenvalue weighted by molar-refractivity contribution is 0.310. The molecular weight excluding hydrogens is 242 g/mol. The summed E-state index contributed by atoms with van der Waals surface area (Å²) in [5.74, 6) is 1.56. The minimum Gasteiger partial charge on any atom is -0.474 e. The molecule has 98 valence electrons. The van der Waals surface area contributed by atoms with Crippen LogP contribution in [0, 0.1) is 0 Å². The smallest absolute Gasteiger partial charge is 0.237 e. The van der Waals surface area contributed by atoms with Crippen molar-refractivity contribution in [1.29, 1.82) is 0 Å². The Morgan fingerprint density at radius 3 is 3.21 bits per heavy atom. The number of nitrogens with one attached hydrogen (secondary N) is 3. The molecule has 3 N–H and O–H groups in total. The third kappa shape index (κ3) is 1.84. The third-order valence-electron chi connectivity index (χ3n) is 3.49. The van der Waals surface area contributed by atoms with Crippen molar-refractivity contribution in [3.05, 3.63) is 23.7 Å². The fraction of sp³-hybridized carbons (Fsp3) is 0.385. The first kappa shape index (κ1) is 10.8. The Morgan fingerprint density at radius 2 is 2.26 bits per heavy atom. The molecule has 0 fully saturated rings. The maximum absolute atomic E-state index is 5.48. The average Bonchev–Trinajstić information content (AvgIpc) is 2.90. The summed E-state index contributed by atoms with van der Waals surface area (Å²) in [7, 11) is 0. The molecule has 0 saturated carbocycles. The highest BCUT2D eigenvalue weighted by Gasteiger charge is 2.17. The number of fused-ring (bicyclic) bond motifs is 2. The molecule has 0 spiro atoms. The Hall–Kier alpha value is -2.08. The van der Waals surface area contributed by atoms with E-state index in [4.69, 9.17) is 4.74 Å². The van der Waals surface area contributed by atoms with Crippen LogP contribution in [0.1, 0.15) is 11.4 Å². The van der Waals surface area contributed by atoms with Crippen LogP contribution >= 0.6 is 0 Å². The van der Waals surface area contributed by atoms with Gasteiger partial charge in [-0.2, -0.15) is 0 Å². The van der Waals surface area contributed by atoms with Crippen molar-refractivity contribution < 1.29 is 4.74 Å². The van der Waals surface area contributed by atoms with Crippen LogP contribution < -0.4 is 15.4 Å². The van der Waals surface area contributed by atoms with E-state index in [9.17, 15) is 0 Å². The summed E-state index contributed by atoms with van der Waals surface area (Å²) in [6.45, 7) is 3.34. The summed E-state index contributed by atoms with van der Waals surface area (Å²) in [5.41, 5.74) is 4.28. The summed E-state index contributed by atoms with van der Waals surface area (Å²) in [6.07, 6.45) is 2.79. The van der Waals surface area contributed by atoms with E-state index in [2.05, 4.69) is 25.6 Å². The maximum atomic E-state index is 5.48. The SMILES string of the molecule is c1nc2c(cc1-c1nc3c([nH]1)CNCC3)NCCO2. The van der Waals surface area contributed by atoms with Gasteiger partial charge in [0.05, 0.1) is 17.1 Å². The molecule has 6 heteroatoms. The van der Waals surface area contributed by atoms with Gasteiger partial charge in [0.25, 0.3) is 0 Å². The number of aromatic nitrogens is 3. The van der Waals surface area contributed by atoms with Gasteiger partial charge in [0.2, 0.25) is 5.88 Å². The van der Waals surface area contributed by atoms with E-state index in [1.54, 1.807) is 0 Å². The Bertz CT molecular complexity index is 598. The zero-order chi connectivity index (χ0) is 12.7. The molecule has 2 aliphatic rings. The van der Waals surface area contributed by atoms with E-state index in [0.717, 1.165) is 48.8 Å². The predicted molar refractivity (Wildman–Crippen MR) is 71.2 cm³/mol. The Kier molecular flexibility index (Phi) is 2.41. The minimum absolute atomic E-state index is 0.667. The van der Waals surface area contributed by atoms with Crippen molar-refractivity contribution >= 4 is 5.69 Å². The molecule has 0 atom stereocenters. The van der Waals surface area contributed by atoms with Gasteiger partial charge < -0.3 is 20.4 Å². The first-order valence-corrected chi connectivity index (χ1v) is 6.56. The zero-order valence-corrected chi connectivity index (χ0v) is 10.5. The van der Waals surface area contributed by atoms with Crippen molar-refractivity contribution in [3.8, 4) is 17.3 Å². The molecule has 2 aromatic heterocycles. The van der Waals surface area contributed by atoms with E-state index in [-0.39, 0.29) is 0 Å². The van der Waals surface area contributed by atoms with Gasteiger partial charge in [-0.15, -0.1) is 0 Å². The fourth-order valence-corrected chi connectivity index (χ4v) is 2.51. The van der Waals surface area contributed by atoms with Crippen LogP contribution in [0.5, 0.6) is 5.88 Å². The first-order chi connectivity index (χ1) is 9.40. The molecule has 0 aromatic carbocycles. The van der Waals surface area contributed by atoms with Crippen molar-refractivity contribution in [2.75, 3.05) is 25.0 Å². The lowest BCUT2D eigenvalue weighted by Gasteiger charge is -2.17. The number of anilines is 1. The van der Waals surface area contributed by atoms with Crippen molar-refractivity contribution in [2.24, 2.45) is 0 Å². The number of rotatable bonds is 1. The monoisotopic (exact) mass is 257 g/mol. The van der Waals surface area contributed by atoms with Crippen molar-refractivity contribution in [3.63, 3.8) is 0 Å². The second-order valence-corrected chi connectivity index (χ2v) is 4.79. The number of hydrogen-bond acceptors (Lipinski definition) is 5. The molecule has 4 heterocycles. The summed E-state index contributed by atoms with van der Waals surface area (Å²) in [5, 5.41) is 6.63. The zero-order valence-electron chi connectivity index (χ0n) is 10.5. The summed E-state index contributed by atoms with van der Waals surface area (Å²) >= 11 is 0. The van der Waals surface area contributed by atoms with Gasteiger partial charge in [-0.1, -0.05) is 0 Å². The van der Waals surface area contributed by atoms with Crippen LogP contribution in [0.15, 0.2) is 12.3 Å². The highest BCUT2D eigenvalue weighted by Crippen LogP contribution is 2.29. The molecule has 2 aromatic rings. The van der Waals surface area contributed by atoms with E-state index in [1.165, 1.54) is 5.69 Å². The fourth-order valence-electron chi connectivity index (χ4n) is 2.51. The van der Waals surface area contributed by atoms with Gasteiger partial charge in [-0.05, 0) is 6.07 Å². The molecule has 0 saturated heterocycles. The summed E-state index contributed by atoms with van der Waals surface area (Å²) in [4.78, 5) is 12.4. The molecule has 0 amide bonds. The van der Waals surface area contributed by atoms with E-state index in [0.29, 0.717) is 12.5 Å². The van der Waals surface area contributed by atoms with Gasteiger partial charge in [0.1, 0.15) is 12.4 Å². The van der Waals surface area contributed by atoms with Gasteiger partial charge in [0, 0.05) is 37.8 Å². The number of pyridine rings is 1.